The number of rotatable bonds is 2. The van der Waals surface area contributed by atoms with Crippen LogP contribution in [-0.4, -0.2) is 23.0 Å². The van der Waals surface area contributed by atoms with E-state index in [0.29, 0.717) is 12.8 Å². The molecule has 4 rings (SSSR count). The Kier molecular flexibility index (Phi) is 4.64. The Bertz CT molecular complexity index is 889. The lowest BCUT2D eigenvalue weighted by molar-refractivity contribution is -0.119. The van der Waals surface area contributed by atoms with Crippen molar-refractivity contribution in [1.29, 1.82) is 0 Å². The molecule has 29 heavy (non-hydrogen) atoms. The van der Waals surface area contributed by atoms with Crippen LogP contribution in [-0.2, 0) is 9.59 Å². The van der Waals surface area contributed by atoms with E-state index in [4.69, 9.17) is 0 Å². The maximum atomic E-state index is 13.4. The molecular formula is C26H33NO2. The molecule has 0 atom stereocenters. The van der Waals surface area contributed by atoms with Gasteiger partial charge in [-0.2, -0.15) is 0 Å². The van der Waals surface area contributed by atoms with Crippen molar-refractivity contribution in [1.82, 2.24) is 4.90 Å². The predicted molar refractivity (Wildman–Crippen MR) is 116 cm³/mol. The second kappa shape index (κ2) is 6.68. The largest absolute Gasteiger partial charge is 0.348 e. The number of nitrogens with zero attached hydrogens (tertiary/aromatic N) is 1. The quantitative estimate of drug-likeness (QED) is 0.649. The van der Waals surface area contributed by atoms with Crippen LogP contribution in [0.25, 0.3) is 0 Å². The molecule has 0 saturated heterocycles. The molecule has 1 aliphatic heterocycles. The van der Waals surface area contributed by atoms with Gasteiger partial charge in [-0.25, -0.2) is 0 Å². The molecule has 0 aromatic heterocycles. The molecule has 0 unspecified atom stereocenters. The van der Waals surface area contributed by atoms with Crippen molar-refractivity contribution in [3.8, 4) is 0 Å². The van der Waals surface area contributed by atoms with E-state index in [1.54, 1.807) is 0 Å². The molecule has 1 heterocycles. The summed E-state index contributed by atoms with van der Waals surface area (Å²) in [5.74, 6) is 0.213. The highest BCUT2D eigenvalue weighted by Crippen LogP contribution is 2.54. The van der Waals surface area contributed by atoms with Gasteiger partial charge in [0.05, 0.1) is 0 Å². The molecule has 0 amide bonds. The van der Waals surface area contributed by atoms with Gasteiger partial charge in [-0.1, -0.05) is 57.5 Å². The maximum absolute atomic E-state index is 13.4. The third kappa shape index (κ3) is 3.39. The van der Waals surface area contributed by atoms with Gasteiger partial charge in [-0.15, -0.1) is 0 Å². The second-order valence-electron chi connectivity index (χ2n) is 10.7. The number of hydrogen-bond donors (Lipinski definition) is 0. The van der Waals surface area contributed by atoms with Crippen molar-refractivity contribution in [2.75, 3.05) is 6.54 Å². The van der Waals surface area contributed by atoms with Crippen molar-refractivity contribution >= 4 is 11.6 Å². The number of hydrogen-bond acceptors (Lipinski definition) is 3. The standard InChI is InChI=1S/C26H33NO2/c1-7-27-18-12-25(3,4)14-20(28)23(18)22(17-10-8-16(2)9-11-17)24-19(27)13-26(5,6)15-21(24)29/h8-11,22H,7,12-15H2,1-6H3. The first-order chi connectivity index (χ1) is 13.5. The number of Topliss-reactive ketones (excluding diaryl/α,β-unsaturated/α-hetero) is 2. The Morgan fingerprint density at radius 1 is 0.828 bits per heavy atom. The van der Waals surface area contributed by atoms with Crippen LogP contribution >= 0.6 is 0 Å². The lowest BCUT2D eigenvalue weighted by Gasteiger charge is -2.48. The summed E-state index contributed by atoms with van der Waals surface area (Å²) in [7, 11) is 0. The van der Waals surface area contributed by atoms with E-state index in [1.807, 2.05) is 0 Å². The van der Waals surface area contributed by atoms with Gasteiger partial charge in [0.25, 0.3) is 0 Å². The zero-order valence-electron chi connectivity index (χ0n) is 18.7. The van der Waals surface area contributed by atoms with Crippen LogP contribution in [0.3, 0.4) is 0 Å². The monoisotopic (exact) mass is 391 g/mol. The average Bonchev–Trinajstić information content (AvgIpc) is 2.59. The molecule has 1 aromatic carbocycles. The molecule has 0 saturated carbocycles. The minimum atomic E-state index is -0.212. The van der Waals surface area contributed by atoms with Gasteiger partial charge >= 0.3 is 0 Å². The normalized spacial score (nSPS) is 24.0. The number of carbonyl (C=O) groups is 2. The highest BCUT2D eigenvalue weighted by Gasteiger charge is 2.48. The molecule has 0 bridgehead atoms. The SMILES string of the molecule is CCN1C2=C(C(=O)CC(C)(C)C2)C(c2ccc(C)cc2)C2=C1CC(C)(C)CC2=O. The van der Waals surface area contributed by atoms with Crippen LogP contribution in [0, 0.1) is 17.8 Å². The summed E-state index contributed by atoms with van der Waals surface area (Å²) in [4.78, 5) is 29.2. The molecule has 3 heteroatoms. The van der Waals surface area contributed by atoms with Crippen LogP contribution in [0.5, 0.6) is 0 Å². The smallest absolute Gasteiger partial charge is 0.162 e. The van der Waals surface area contributed by atoms with Crippen molar-refractivity contribution in [3.63, 3.8) is 0 Å². The topological polar surface area (TPSA) is 37.4 Å². The molecule has 2 aliphatic carbocycles. The number of aryl methyl sites for hydroxylation is 1. The van der Waals surface area contributed by atoms with Crippen LogP contribution in [0.4, 0.5) is 0 Å². The number of carbonyl (C=O) groups excluding carboxylic acids is 2. The summed E-state index contributed by atoms with van der Waals surface area (Å²) in [6.45, 7) is 13.7. The van der Waals surface area contributed by atoms with Crippen LogP contribution in [0.15, 0.2) is 46.8 Å². The van der Waals surface area contributed by atoms with Gasteiger partial charge in [0.1, 0.15) is 0 Å². The summed E-state index contributed by atoms with van der Waals surface area (Å²) >= 11 is 0. The average molecular weight is 392 g/mol. The minimum absolute atomic E-state index is 0.0482. The van der Waals surface area contributed by atoms with Crippen LogP contribution in [0.1, 0.15) is 77.3 Å². The summed E-state index contributed by atoms with van der Waals surface area (Å²) in [6.07, 6.45) is 2.87. The van der Waals surface area contributed by atoms with Crippen molar-refractivity contribution in [2.45, 2.75) is 73.1 Å². The van der Waals surface area contributed by atoms with Crippen molar-refractivity contribution < 1.29 is 9.59 Å². The van der Waals surface area contributed by atoms with Crippen molar-refractivity contribution in [2.24, 2.45) is 10.8 Å². The number of benzene rings is 1. The van der Waals surface area contributed by atoms with E-state index >= 15 is 0 Å². The molecule has 154 valence electrons. The fourth-order valence-corrected chi connectivity index (χ4v) is 5.52. The maximum Gasteiger partial charge on any atom is 0.162 e. The predicted octanol–water partition coefficient (Wildman–Crippen LogP) is 5.70. The van der Waals surface area contributed by atoms with Gasteiger partial charge < -0.3 is 4.90 Å². The van der Waals surface area contributed by atoms with E-state index < -0.39 is 0 Å². The van der Waals surface area contributed by atoms with Gasteiger partial charge in [0.2, 0.25) is 0 Å². The molecule has 3 nitrogen and oxygen atoms in total. The van der Waals surface area contributed by atoms with Crippen LogP contribution < -0.4 is 0 Å². The molecule has 0 N–H and O–H groups in total. The zero-order chi connectivity index (χ0) is 21.1. The summed E-state index contributed by atoms with van der Waals surface area (Å²) in [5, 5.41) is 0. The Morgan fingerprint density at radius 2 is 1.28 bits per heavy atom. The van der Waals surface area contributed by atoms with E-state index in [2.05, 4.69) is 70.7 Å². The fourth-order valence-electron chi connectivity index (χ4n) is 5.52. The Labute approximate surface area is 174 Å². The molecular weight excluding hydrogens is 358 g/mol. The number of ketones is 2. The van der Waals surface area contributed by atoms with E-state index in [-0.39, 0.29) is 28.3 Å². The summed E-state index contributed by atoms with van der Waals surface area (Å²) < 4.78 is 0. The third-order valence-electron chi connectivity index (χ3n) is 6.75. The second-order valence-corrected chi connectivity index (χ2v) is 10.7. The summed E-state index contributed by atoms with van der Waals surface area (Å²) in [5.41, 5.74) is 6.24. The third-order valence-corrected chi connectivity index (χ3v) is 6.75. The lowest BCUT2D eigenvalue weighted by atomic mass is 9.63. The molecule has 3 aliphatic rings. The van der Waals surface area contributed by atoms with E-state index in [0.717, 1.165) is 47.5 Å². The summed E-state index contributed by atoms with van der Waals surface area (Å²) in [6, 6.07) is 8.40. The highest BCUT2D eigenvalue weighted by molar-refractivity contribution is 6.06. The molecule has 0 fully saturated rings. The minimum Gasteiger partial charge on any atom is -0.348 e. The first kappa shape index (κ1) is 20.1. The lowest BCUT2D eigenvalue weighted by Crippen LogP contribution is -2.44. The van der Waals surface area contributed by atoms with E-state index in [9.17, 15) is 9.59 Å². The van der Waals surface area contributed by atoms with Gasteiger partial charge in [0.15, 0.2) is 11.6 Å². The molecule has 0 spiro atoms. The first-order valence-corrected chi connectivity index (χ1v) is 10.9. The molecule has 0 radical (unpaired) electrons. The van der Waals surface area contributed by atoms with E-state index in [1.165, 1.54) is 5.56 Å². The Morgan fingerprint density at radius 3 is 1.69 bits per heavy atom. The number of allylic oxidation sites excluding steroid dienone is 4. The van der Waals surface area contributed by atoms with Crippen molar-refractivity contribution in [3.05, 3.63) is 57.9 Å². The van der Waals surface area contributed by atoms with Gasteiger partial charge in [-0.3, -0.25) is 9.59 Å². The fraction of sp³-hybridized carbons (Fsp3) is 0.538. The van der Waals surface area contributed by atoms with Crippen LogP contribution in [0.2, 0.25) is 0 Å². The highest BCUT2D eigenvalue weighted by atomic mass is 16.1. The Hall–Kier alpha value is -2.16. The van der Waals surface area contributed by atoms with Gasteiger partial charge in [-0.05, 0) is 43.1 Å². The molecule has 1 aromatic rings. The first-order valence-electron chi connectivity index (χ1n) is 10.9. The van der Waals surface area contributed by atoms with Gasteiger partial charge in [0, 0.05) is 47.8 Å². The Balaban J connectivity index is 1.98. The zero-order valence-corrected chi connectivity index (χ0v) is 18.7.